The van der Waals surface area contributed by atoms with Crippen molar-refractivity contribution in [3.8, 4) is 0 Å². The van der Waals surface area contributed by atoms with Gasteiger partial charge in [0, 0.05) is 11.5 Å². The molecule has 1 aliphatic carbocycles. The second-order valence-electron chi connectivity index (χ2n) is 5.08. The maximum atomic E-state index is 13.2. The number of aromatic nitrogens is 2. The van der Waals surface area contributed by atoms with E-state index in [2.05, 4.69) is 15.3 Å². The topological polar surface area (TPSA) is 63.8 Å². The highest BCUT2D eigenvalue weighted by molar-refractivity contribution is 6.39. The van der Waals surface area contributed by atoms with Crippen LogP contribution in [0.2, 0.25) is 10.0 Å². The summed E-state index contributed by atoms with van der Waals surface area (Å²) >= 11 is 12.1. The Balaban J connectivity index is 2.02. The molecule has 1 saturated carbocycles. The van der Waals surface area contributed by atoms with Gasteiger partial charge < -0.3 is 11.1 Å². The maximum Gasteiger partial charge on any atom is 0.139 e. The second kappa shape index (κ2) is 5.31. The molecule has 7 heteroatoms. The molecule has 3 N–H and O–H groups in total. The third-order valence-electron chi connectivity index (χ3n) is 3.39. The van der Waals surface area contributed by atoms with Crippen LogP contribution in [0.15, 0.2) is 12.1 Å². The molecule has 1 heterocycles. The number of halogens is 3. The average molecular weight is 327 g/mol. The monoisotopic (exact) mass is 326 g/mol. The summed E-state index contributed by atoms with van der Waals surface area (Å²) in [7, 11) is 0. The first-order valence-corrected chi connectivity index (χ1v) is 7.27. The Labute approximate surface area is 131 Å². The van der Waals surface area contributed by atoms with Gasteiger partial charge in [-0.15, -0.1) is 0 Å². The summed E-state index contributed by atoms with van der Waals surface area (Å²) in [6, 6.07) is 2.38. The number of benzene rings is 1. The molecular formula is C14H13Cl2FN4. The van der Waals surface area contributed by atoms with E-state index < -0.39 is 5.82 Å². The highest BCUT2D eigenvalue weighted by Crippen LogP contribution is 2.40. The van der Waals surface area contributed by atoms with Crippen molar-refractivity contribution in [2.45, 2.75) is 25.7 Å². The normalized spacial score (nSPS) is 14.3. The van der Waals surface area contributed by atoms with Gasteiger partial charge in [0.05, 0.1) is 15.7 Å². The van der Waals surface area contributed by atoms with Crippen LogP contribution in [0.25, 0.3) is 0 Å². The number of anilines is 3. The third-order valence-corrected chi connectivity index (χ3v) is 3.99. The van der Waals surface area contributed by atoms with E-state index in [-0.39, 0.29) is 10.0 Å². The molecule has 1 aromatic carbocycles. The van der Waals surface area contributed by atoms with Gasteiger partial charge in [-0.3, -0.25) is 0 Å². The van der Waals surface area contributed by atoms with Crippen molar-refractivity contribution in [2.24, 2.45) is 0 Å². The smallest absolute Gasteiger partial charge is 0.139 e. The van der Waals surface area contributed by atoms with Crippen molar-refractivity contribution in [3.63, 3.8) is 0 Å². The first kappa shape index (κ1) is 14.4. The minimum atomic E-state index is -0.492. The molecule has 0 unspecified atom stereocenters. The van der Waals surface area contributed by atoms with Crippen LogP contribution in [-0.4, -0.2) is 9.97 Å². The number of nitrogen functional groups attached to an aromatic ring is 1. The quantitative estimate of drug-likeness (QED) is 0.875. The number of nitrogens with two attached hydrogens (primary N) is 1. The largest absolute Gasteiger partial charge is 0.383 e. The lowest BCUT2D eigenvalue weighted by atomic mass is 10.2. The van der Waals surface area contributed by atoms with E-state index in [1.54, 1.807) is 6.92 Å². The van der Waals surface area contributed by atoms with Gasteiger partial charge in [0.2, 0.25) is 0 Å². The fourth-order valence-electron chi connectivity index (χ4n) is 1.98. The molecule has 3 rings (SSSR count). The Bertz CT molecular complexity index is 693. The second-order valence-corrected chi connectivity index (χ2v) is 5.90. The lowest BCUT2D eigenvalue weighted by Crippen LogP contribution is -2.07. The van der Waals surface area contributed by atoms with Crippen LogP contribution in [0.4, 0.5) is 21.7 Å². The SMILES string of the molecule is Cc1c(N)nc(C2CC2)nc1Nc1c(Cl)cc(F)cc1Cl. The van der Waals surface area contributed by atoms with Gasteiger partial charge in [-0.2, -0.15) is 0 Å². The molecule has 0 radical (unpaired) electrons. The molecule has 0 spiro atoms. The molecule has 0 atom stereocenters. The number of nitrogens with zero attached hydrogens (tertiary/aromatic N) is 2. The predicted octanol–water partition coefficient (Wildman–Crippen LogP) is 4.43. The molecule has 1 aromatic heterocycles. The van der Waals surface area contributed by atoms with Crippen molar-refractivity contribution in [3.05, 3.63) is 39.4 Å². The molecule has 21 heavy (non-hydrogen) atoms. The van der Waals surface area contributed by atoms with Gasteiger partial charge in [-0.1, -0.05) is 23.2 Å². The first-order chi connectivity index (χ1) is 9.95. The fourth-order valence-corrected chi connectivity index (χ4v) is 2.53. The van der Waals surface area contributed by atoms with Crippen LogP contribution < -0.4 is 11.1 Å². The van der Waals surface area contributed by atoms with E-state index in [4.69, 9.17) is 28.9 Å². The molecule has 1 fully saturated rings. The first-order valence-electron chi connectivity index (χ1n) is 6.51. The van der Waals surface area contributed by atoms with Crippen molar-refractivity contribution in [2.75, 3.05) is 11.1 Å². The standard InChI is InChI=1S/C14H13Cl2FN4/c1-6-12(18)20-14(7-2-3-7)21-13(6)19-11-9(15)4-8(17)5-10(11)16/h4-5,7H,2-3H2,1H3,(H3,18,19,20,21). The zero-order valence-corrected chi connectivity index (χ0v) is 12.8. The van der Waals surface area contributed by atoms with E-state index in [9.17, 15) is 4.39 Å². The average Bonchev–Trinajstić information content (AvgIpc) is 3.22. The van der Waals surface area contributed by atoms with E-state index in [0.29, 0.717) is 28.8 Å². The number of hydrogen-bond donors (Lipinski definition) is 2. The van der Waals surface area contributed by atoms with E-state index in [1.165, 1.54) is 12.1 Å². The summed E-state index contributed by atoms with van der Waals surface area (Å²) in [5.74, 6) is 1.55. The summed E-state index contributed by atoms with van der Waals surface area (Å²) in [4.78, 5) is 8.78. The van der Waals surface area contributed by atoms with Crippen LogP contribution in [0.1, 0.15) is 30.1 Å². The molecule has 0 bridgehead atoms. The minimum absolute atomic E-state index is 0.185. The summed E-state index contributed by atoms with van der Waals surface area (Å²) in [6.45, 7) is 1.81. The Kier molecular flexibility index (Phi) is 3.63. The summed E-state index contributed by atoms with van der Waals surface area (Å²) < 4.78 is 13.2. The molecule has 0 aliphatic heterocycles. The van der Waals surface area contributed by atoms with Gasteiger partial charge in [0.1, 0.15) is 23.3 Å². The number of hydrogen-bond acceptors (Lipinski definition) is 4. The molecule has 1 aliphatic rings. The zero-order valence-electron chi connectivity index (χ0n) is 11.3. The van der Waals surface area contributed by atoms with Crippen LogP contribution in [-0.2, 0) is 0 Å². The van der Waals surface area contributed by atoms with Crippen LogP contribution in [0.3, 0.4) is 0 Å². The van der Waals surface area contributed by atoms with Gasteiger partial charge in [0.25, 0.3) is 0 Å². The van der Waals surface area contributed by atoms with Crippen molar-refractivity contribution in [1.29, 1.82) is 0 Å². The minimum Gasteiger partial charge on any atom is -0.383 e. The Morgan fingerprint density at radius 3 is 2.43 bits per heavy atom. The van der Waals surface area contributed by atoms with Gasteiger partial charge in [-0.05, 0) is 31.9 Å². The van der Waals surface area contributed by atoms with Gasteiger partial charge in [-0.25, -0.2) is 14.4 Å². The molecule has 0 saturated heterocycles. The molecular weight excluding hydrogens is 314 g/mol. The van der Waals surface area contributed by atoms with Gasteiger partial charge in [0.15, 0.2) is 0 Å². The molecule has 0 amide bonds. The Hall–Kier alpha value is -1.59. The summed E-state index contributed by atoms with van der Waals surface area (Å²) in [6.07, 6.45) is 2.14. The summed E-state index contributed by atoms with van der Waals surface area (Å²) in [5, 5.41) is 3.41. The Morgan fingerprint density at radius 2 is 1.86 bits per heavy atom. The zero-order chi connectivity index (χ0) is 15.1. The number of rotatable bonds is 3. The van der Waals surface area contributed by atoms with Crippen molar-refractivity contribution >= 4 is 40.5 Å². The van der Waals surface area contributed by atoms with E-state index in [1.807, 2.05) is 0 Å². The van der Waals surface area contributed by atoms with E-state index >= 15 is 0 Å². The van der Waals surface area contributed by atoms with E-state index in [0.717, 1.165) is 18.7 Å². The fraction of sp³-hybridized carbons (Fsp3) is 0.286. The molecule has 4 nitrogen and oxygen atoms in total. The van der Waals surface area contributed by atoms with Crippen LogP contribution >= 0.6 is 23.2 Å². The Morgan fingerprint density at radius 1 is 1.24 bits per heavy atom. The lowest BCUT2D eigenvalue weighted by Gasteiger charge is -2.14. The third kappa shape index (κ3) is 2.89. The summed E-state index contributed by atoms with van der Waals surface area (Å²) in [5.41, 5.74) is 7.03. The molecule has 2 aromatic rings. The predicted molar refractivity (Wildman–Crippen MR) is 82.9 cm³/mol. The van der Waals surface area contributed by atoms with Crippen LogP contribution in [0.5, 0.6) is 0 Å². The van der Waals surface area contributed by atoms with Crippen molar-refractivity contribution in [1.82, 2.24) is 9.97 Å². The van der Waals surface area contributed by atoms with Crippen molar-refractivity contribution < 1.29 is 4.39 Å². The highest BCUT2D eigenvalue weighted by Gasteiger charge is 2.28. The van der Waals surface area contributed by atoms with Gasteiger partial charge >= 0.3 is 0 Å². The molecule has 110 valence electrons. The highest BCUT2D eigenvalue weighted by atomic mass is 35.5. The lowest BCUT2D eigenvalue weighted by molar-refractivity contribution is 0.628. The van der Waals surface area contributed by atoms with Crippen LogP contribution in [0, 0.1) is 12.7 Å². The number of nitrogens with one attached hydrogen (secondary N) is 1. The maximum absolute atomic E-state index is 13.2.